The molecule has 2 rings (SSSR count). The molecule has 0 aromatic heterocycles. The van der Waals surface area contributed by atoms with Crippen molar-refractivity contribution in [1.82, 2.24) is 5.32 Å². The Hall–Kier alpha value is -0.820. The van der Waals surface area contributed by atoms with Gasteiger partial charge in [0.25, 0.3) is 0 Å². The second-order valence-electron chi connectivity index (χ2n) is 6.51. The first-order valence-corrected chi connectivity index (χ1v) is 8.52. The molecule has 1 saturated carbocycles. The molecule has 1 aromatic carbocycles. The first-order chi connectivity index (χ1) is 9.76. The third-order valence-electron chi connectivity index (χ3n) is 5.10. The van der Waals surface area contributed by atoms with E-state index in [1.54, 1.807) is 5.56 Å². The number of rotatable bonds is 6. The normalized spacial score (nSPS) is 26.6. The molecule has 1 nitrogen and oxygen atoms in total. The number of benzene rings is 1. The van der Waals surface area contributed by atoms with Crippen LogP contribution in [0.5, 0.6) is 0 Å². The summed E-state index contributed by atoms with van der Waals surface area (Å²) in [7, 11) is 0. The third-order valence-corrected chi connectivity index (χ3v) is 5.10. The maximum absolute atomic E-state index is 3.66. The Morgan fingerprint density at radius 3 is 2.65 bits per heavy atom. The molecule has 3 unspecified atom stereocenters. The van der Waals surface area contributed by atoms with Gasteiger partial charge in [0.15, 0.2) is 0 Å². The molecule has 0 radical (unpaired) electrons. The zero-order valence-electron chi connectivity index (χ0n) is 13.5. The van der Waals surface area contributed by atoms with Gasteiger partial charge in [0.05, 0.1) is 0 Å². The molecule has 0 amide bonds. The van der Waals surface area contributed by atoms with E-state index >= 15 is 0 Å². The van der Waals surface area contributed by atoms with Crippen molar-refractivity contribution in [3.63, 3.8) is 0 Å². The van der Waals surface area contributed by atoms with Crippen LogP contribution >= 0.6 is 0 Å². The van der Waals surface area contributed by atoms with Crippen LogP contribution in [0.15, 0.2) is 24.3 Å². The van der Waals surface area contributed by atoms with Crippen molar-refractivity contribution in [2.24, 2.45) is 11.8 Å². The van der Waals surface area contributed by atoms with Gasteiger partial charge in [-0.2, -0.15) is 0 Å². The minimum Gasteiger partial charge on any atom is -0.316 e. The van der Waals surface area contributed by atoms with Crippen molar-refractivity contribution in [2.75, 3.05) is 13.1 Å². The first-order valence-electron chi connectivity index (χ1n) is 8.52. The summed E-state index contributed by atoms with van der Waals surface area (Å²) in [6.07, 6.45) is 6.79. The largest absolute Gasteiger partial charge is 0.316 e. The first kappa shape index (κ1) is 15.6. The lowest BCUT2D eigenvalue weighted by atomic mass is 9.69. The Morgan fingerprint density at radius 1 is 1.15 bits per heavy atom. The Balaban J connectivity index is 2.11. The second-order valence-corrected chi connectivity index (χ2v) is 6.51. The molecule has 0 bridgehead atoms. The SMILES string of the molecule is CCCNCC1CCC(CC)CC1c1ccccc1C. The maximum atomic E-state index is 3.66. The lowest BCUT2D eigenvalue weighted by Crippen LogP contribution is -2.32. The van der Waals surface area contributed by atoms with Crippen LogP contribution in [-0.2, 0) is 0 Å². The zero-order valence-corrected chi connectivity index (χ0v) is 13.5. The van der Waals surface area contributed by atoms with E-state index in [-0.39, 0.29) is 0 Å². The maximum Gasteiger partial charge on any atom is -0.00147 e. The molecule has 3 atom stereocenters. The van der Waals surface area contributed by atoms with Crippen LogP contribution in [0.2, 0.25) is 0 Å². The van der Waals surface area contributed by atoms with Crippen LogP contribution in [0.1, 0.15) is 63.0 Å². The van der Waals surface area contributed by atoms with Crippen molar-refractivity contribution in [3.05, 3.63) is 35.4 Å². The fourth-order valence-corrected chi connectivity index (χ4v) is 3.78. The summed E-state index contributed by atoms with van der Waals surface area (Å²) in [6.45, 7) is 9.24. The van der Waals surface area contributed by atoms with Crippen LogP contribution in [0.3, 0.4) is 0 Å². The van der Waals surface area contributed by atoms with Crippen molar-refractivity contribution in [2.45, 2.75) is 58.8 Å². The Labute approximate surface area is 125 Å². The average molecular weight is 273 g/mol. The van der Waals surface area contributed by atoms with Crippen molar-refractivity contribution in [3.8, 4) is 0 Å². The predicted molar refractivity (Wildman–Crippen MR) is 88.2 cm³/mol. The molecule has 1 aromatic rings. The van der Waals surface area contributed by atoms with Gasteiger partial charge in [-0.3, -0.25) is 0 Å². The standard InChI is InChI=1S/C19H31N/c1-4-12-20-14-17-11-10-16(5-2)13-19(17)18-9-7-6-8-15(18)3/h6-9,16-17,19-20H,4-5,10-14H2,1-3H3. The molecule has 1 aliphatic rings. The Bertz CT molecular complexity index is 397. The molecule has 0 aliphatic heterocycles. The molecule has 0 heterocycles. The third kappa shape index (κ3) is 3.85. The van der Waals surface area contributed by atoms with E-state index < -0.39 is 0 Å². The average Bonchev–Trinajstić information content (AvgIpc) is 2.48. The topological polar surface area (TPSA) is 12.0 Å². The summed E-state index contributed by atoms with van der Waals surface area (Å²) >= 11 is 0. The van der Waals surface area contributed by atoms with Gasteiger partial charge in [0.1, 0.15) is 0 Å². The van der Waals surface area contributed by atoms with Crippen LogP contribution in [-0.4, -0.2) is 13.1 Å². The van der Waals surface area contributed by atoms with Crippen LogP contribution < -0.4 is 5.32 Å². The van der Waals surface area contributed by atoms with Gasteiger partial charge in [0, 0.05) is 0 Å². The van der Waals surface area contributed by atoms with Crippen LogP contribution in [0.4, 0.5) is 0 Å². The molecule has 1 aliphatic carbocycles. The van der Waals surface area contributed by atoms with E-state index in [0.29, 0.717) is 0 Å². The monoisotopic (exact) mass is 273 g/mol. The number of aryl methyl sites for hydroxylation is 1. The summed E-state index contributed by atoms with van der Waals surface area (Å²) in [5.41, 5.74) is 3.09. The zero-order chi connectivity index (χ0) is 14.4. The highest BCUT2D eigenvalue weighted by molar-refractivity contribution is 5.30. The quantitative estimate of drug-likeness (QED) is 0.727. The fourth-order valence-electron chi connectivity index (χ4n) is 3.78. The van der Waals surface area contributed by atoms with Gasteiger partial charge in [-0.05, 0) is 68.2 Å². The number of hydrogen-bond donors (Lipinski definition) is 1. The Kier molecular flexibility index (Phi) is 6.09. The Morgan fingerprint density at radius 2 is 1.95 bits per heavy atom. The highest BCUT2D eigenvalue weighted by Crippen LogP contribution is 2.42. The van der Waals surface area contributed by atoms with E-state index in [1.165, 1.54) is 44.2 Å². The summed E-state index contributed by atoms with van der Waals surface area (Å²) in [4.78, 5) is 0. The minimum atomic E-state index is 0.763. The van der Waals surface area contributed by atoms with E-state index in [0.717, 1.165) is 24.3 Å². The number of nitrogens with one attached hydrogen (secondary N) is 1. The molecule has 112 valence electrons. The molecule has 0 spiro atoms. The molecule has 0 saturated heterocycles. The van der Waals surface area contributed by atoms with Crippen LogP contribution in [0, 0.1) is 18.8 Å². The highest BCUT2D eigenvalue weighted by Gasteiger charge is 2.31. The fraction of sp³-hybridized carbons (Fsp3) is 0.684. The predicted octanol–water partition coefficient (Wildman–Crippen LogP) is 4.90. The van der Waals surface area contributed by atoms with Gasteiger partial charge in [-0.25, -0.2) is 0 Å². The van der Waals surface area contributed by atoms with E-state index in [2.05, 4.69) is 50.4 Å². The molecule has 1 N–H and O–H groups in total. The van der Waals surface area contributed by atoms with Crippen molar-refractivity contribution >= 4 is 0 Å². The van der Waals surface area contributed by atoms with Gasteiger partial charge >= 0.3 is 0 Å². The summed E-state index contributed by atoms with van der Waals surface area (Å²) in [6, 6.07) is 9.03. The van der Waals surface area contributed by atoms with Gasteiger partial charge in [0.2, 0.25) is 0 Å². The van der Waals surface area contributed by atoms with Gasteiger partial charge in [-0.1, -0.05) is 51.0 Å². The second kappa shape index (κ2) is 7.83. The van der Waals surface area contributed by atoms with E-state index in [1.807, 2.05) is 0 Å². The molecule has 1 heteroatoms. The van der Waals surface area contributed by atoms with Crippen LogP contribution in [0.25, 0.3) is 0 Å². The van der Waals surface area contributed by atoms with Crippen molar-refractivity contribution < 1.29 is 0 Å². The molecular weight excluding hydrogens is 242 g/mol. The van der Waals surface area contributed by atoms with Gasteiger partial charge in [-0.15, -0.1) is 0 Å². The number of hydrogen-bond acceptors (Lipinski definition) is 1. The summed E-state index contributed by atoms with van der Waals surface area (Å²) < 4.78 is 0. The lowest BCUT2D eigenvalue weighted by molar-refractivity contribution is 0.225. The van der Waals surface area contributed by atoms with E-state index in [4.69, 9.17) is 0 Å². The summed E-state index contributed by atoms with van der Waals surface area (Å²) in [5, 5.41) is 3.66. The van der Waals surface area contributed by atoms with Crippen molar-refractivity contribution in [1.29, 1.82) is 0 Å². The highest BCUT2D eigenvalue weighted by atomic mass is 14.9. The minimum absolute atomic E-state index is 0.763. The molecule has 20 heavy (non-hydrogen) atoms. The van der Waals surface area contributed by atoms with E-state index in [9.17, 15) is 0 Å². The molecular formula is C19H31N. The smallest absolute Gasteiger partial charge is 0.00147 e. The van der Waals surface area contributed by atoms with Gasteiger partial charge < -0.3 is 5.32 Å². The summed E-state index contributed by atoms with van der Waals surface area (Å²) in [5.74, 6) is 2.52. The lowest BCUT2D eigenvalue weighted by Gasteiger charge is -2.37. The molecule has 1 fully saturated rings.